The molecule has 6 nitrogen and oxygen atoms in total. The van der Waals surface area contributed by atoms with Gasteiger partial charge in [0.1, 0.15) is 0 Å². The van der Waals surface area contributed by atoms with E-state index >= 15 is 0 Å². The number of amides is 1. The molecule has 1 unspecified atom stereocenters. The first-order chi connectivity index (χ1) is 14.0. The number of carbonyl (C=O) groups is 1. The van der Waals surface area contributed by atoms with Crippen LogP contribution in [0.4, 0.5) is 0 Å². The van der Waals surface area contributed by atoms with Gasteiger partial charge in [-0.1, -0.05) is 12.8 Å². The third kappa shape index (κ3) is 3.34. The zero-order chi connectivity index (χ0) is 20.0. The van der Waals surface area contributed by atoms with Gasteiger partial charge in [-0.2, -0.15) is 5.10 Å². The van der Waals surface area contributed by atoms with Gasteiger partial charge in [-0.05, 0) is 57.2 Å². The highest BCUT2D eigenvalue weighted by molar-refractivity contribution is 5.80. The number of hydrogen-bond acceptors (Lipinski definition) is 3. The molecule has 152 valence electrons. The number of hydrogen-bond donors (Lipinski definition) is 1. The van der Waals surface area contributed by atoms with Gasteiger partial charge in [0.25, 0.3) is 0 Å². The number of H-pyrrole nitrogens is 1. The van der Waals surface area contributed by atoms with E-state index in [2.05, 4.69) is 57.9 Å². The topological polar surface area (TPSA) is 66.8 Å². The van der Waals surface area contributed by atoms with Crippen molar-refractivity contribution in [2.24, 2.45) is 11.8 Å². The molecular weight excluding hydrogens is 362 g/mol. The van der Waals surface area contributed by atoms with Crippen LogP contribution in [0.15, 0.2) is 36.8 Å². The summed E-state index contributed by atoms with van der Waals surface area (Å²) < 4.78 is 2.30. The number of pyridine rings is 1. The Morgan fingerprint density at radius 1 is 1.24 bits per heavy atom. The molecule has 3 aromatic rings. The molecule has 1 atom stereocenters. The molecule has 0 aromatic carbocycles. The van der Waals surface area contributed by atoms with Gasteiger partial charge in [0.05, 0.1) is 22.9 Å². The molecule has 0 bridgehead atoms. The van der Waals surface area contributed by atoms with Crippen molar-refractivity contribution in [1.29, 1.82) is 0 Å². The van der Waals surface area contributed by atoms with Crippen molar-refractivity contribution in [3.05, 3.63) is 36.8 Å². The Balaban J connectivity index is 1.34. The standard InChI is InChI=1S/C23H29N5O/c1-23(2)11-16(15-28(23)22(29)17-5-3-4-6-17)14-27-10-9-20-21(27)8-7-19(26-20)18-12-24-25-13-18/h7-10,12-13,16-17H,3-6,11,14-15H2,1-2H3,(H,24,25). The highest BCUT2D eigenvalue weighted by Crippen LogP contribution is 2.38. The van der Waals surface area contributed by atoms with Gasteiger partial charge in [0.2, 0.25) is 5.91 Å². The average molecular weight is 392 g/mol. The van der Waals surface area contributed by atoms with Gasteiger partial charge < -0.3 is 9.47 Å². The van der Waals surface area contributed by atoms with Crippen LogP contribution in [-0.2, 0) is 11.3 Å². The van der Waals surface area contributed by atoms with Crippen LogP contribution < -0.4 is 0 Å². The van der Waals surface area contributed by atoms with Crippen molar-refractivity contribution in [1.82, 2.24) is 24.6 Å². The van der Waals surface area contributed by atoms with E-state index in [0.717, 1.165) is 54.6 Å². The lowest BCUT2D eigenvalue weighted by Crippen LogP contribution is -2.45. The van der Waals surface area contributed by atoms with E-state index in [4.69, 9.17) is 4.98 Å². The van der Waals surface area contributed by atoms with Crippen LogP contribution in [0.25, 0.3) is 22.3 Å². The normalized spacial score (nSPS) is 22.0. The molecule has 29 heavy (non-hydrogen) atoms. The second-order valence-corrected chi connectivity index (χ2v) is 9.37. The van der Waals surface area contributed by atoms with Crippen molar-refractivity contribution < 1.29 is 4.79 Å². The maximum absolute atomic E-state index is 13.1. The second kappa shape index (κ2) is 7.01. The first-order valence-electron chi connectivity index (χ1n) is 10.8. The summed E-state index contributed by atoms with van der Waals surface area (Å²) >= 11 is 0. The molecule has 1 saturated carbocycles. The third-order valence-electron chi connectivity index (χ3n) is 6.80. The van der Waals surface area contributed by atoms with Crippen LogP contribution >= 0.6 is 0 Å². The first kappa shape index (κ1) is 18.4. The van der Waals surface area contributed by atoms with E-state index in [1.807, 2.05) is 6.20 Å². The van der Waals surface area contributed by atoms with Crippen molar-refractivity contribution in [3.8, 4) is 11.3 Å². The number of rotatable bonds is 4. The highest BCUT2D eigenvalue weighted by Gasteiger charge is 2.43. The van der Waals surface area contributed by atoms with Crippen molar-refractivity contribution >= 4 is 16.9 Å². The van der Waals surface area contributed by atoms with Crippen LogP contribution in [-0.4, -0.2) is 42.6 Å². The monoisotopic (exact) mass is 391 g/mol. The van der Waals surface area contributed by atoms with Crippen molar-refractivity contribution in [2.45, 2.75) is 58.0 Å². The minimum Gasteiger partial charge on any atom is -0.346 e. The van der Waals surface area contributed by atoms with Crippen molar-refractivity contribution in [2.75, 3.05) is 6.54 Å². The predicted molar refractivity (Wildman–Crippen MR) is 113 cm³/mol. The van der Waals surface area contributed by atoms with E-state index in [1.54, 1.807) is 6.20 Å². The Labute approximate surface area is 171 Å². The summed E-state index contributed by atoms with van der Waals surface area (Å²) in [5.74, 6) is 1.12. The van der Waals surface area contributed by atoms with Crippen LogP contribution in [0, 0.1) is 11.8 Å². The number of nitrogens with zero attached hydrogens (tertiary/aromatic N) is 4. The van der Waals surface area contributed by atoms with Gasteiger partial charge in [0.15, 0.2) is 0 Å². The highest BCUT2D eigenvalue weighted by atomic mass is 16.2. The van der Waals surface area contributed by atoms with Crippen LogP contribution in [0.5, 0.6) is 0 Å². The summed E-state index contributed by atoms with van der Waals surface area (Å²) in [6, 6.07) is 6.28. The Hall–Kier alpha value is -2.63. The molecule has 3 aromatic heterocycles. The minimum absolute atomic E-state index is 0.0556. The van der Waals surface area contributed by atoms with Gasteiger partial charge in [0, 0.05) is 42.5 Å². The van der Waals surface area contributed by atoms with Crippen LogP contribution in [0.1, 0.15) is 46.0 Å². The molecule has 1 aliphatic carbocycles. The number of nitrogens with one attached hydrogen (secondary N) is 1. The average Bonchev–Trinajstić information content (AvgIpc) is 3.49. The second-order valence-electron chi connectivity index (χ2n) is 9.37. The summed E-state index contributed by atoms with van der Waals surface area (Å²) in [5.41, 5.74) is 4.02. The van der Waals surface area contributed by atoms with E-state index in [0.29, 0.717) is 11.8 Å². The van der Waals surface area contributed by atoms with E-state index < -0.39 is 0 Å². The summed E-state index contributed by atoms with van der Waals surface area (Å²) in [7, 11) is 0. The molecule has 2 aliphatic rings. The Bertz CT molecular complexity index is 1010. The molecule has 6 heteroatoms. The van der Waals surface area contributed by atoms with E-state index in [1.165, 1.54) is 12.8 Å². The van der Waals surface area contributed by atoms with Gasteiger partial charge >= 0.3 is 0 Å². The molecular formula is C23H29N5O. The lowest BCUT2D eigenvalue weighted by molar-refractivity contribution is -0.138. The largest absolute Gasteiger partial charge is 0.346 e. The molecule has 0 radical (unpaired) electrons. The Kier molecular flexibility index (Phi) is 4.45. The molecule has 2 fully saturated rings. The maximum atomic E-state index is 13.1. The molecule has 1 saturated heterocycles. The number of likely N-dealkylation sites (tertiary alicyclic amines) is 1. The number of aromatic amines is 1. The fourth-order valence-corrected chi connectivity index (χ4v) is 5.35. The maximum Gasteiger partial charge on any atom is 0.226 e. The molecule has 4 heterocycles. The zero-order valence-corrected chi connectivity index (χ0v) is 17.3. The van der Waals surface area contributed by atoms with Gasteiger partial charge in [-0.3, -0.25) is 9.89 Å². The number of aromatic nitrogens is 4. The number of carbonyl (C=O) groups excluding carboxylic acids is 1. The summed E-state index contributed by atoms with van der Waals surface area (Å²) in [4.78, 5) is 20.0. The van der Waals surface area contributed by atoms with Gasteiger partial charge in [-0.15, -0.1) is 0 Å². The van der Waals surface area contributed by atoms with Gasteiger partial charge in [-0.25, -0.2) is 4.98 Å². The fraction of sp³-hybridized carbons (Fsp3) is 0.522. The molecule has 1 aliphatic heterocycles. The summed E-state index contributed by atoms with van der Waals surface area (Å²) in [5, 5.41) is 6.86. The molecule has 5 rings (SSSR count). The number of fused-ring (bicyclic) bond motifs is 1. The Morgan fingerprint density at radius 2 is 2.07 bits per heavy atom. The summed E-state index contributed by atoms with van der Waals surface area (Å²) in [6.07, 6.45) is 11.4. The summed E-state index contributed by atoms with van der Waals surface area (Å²) in [6.45, 7) is 6.25. The smallest absolute Gasteiger partial charge is 0.226 e. The molecule has 1 amide bonds. The lowest BCUT2D eigenvalue weighted by Gasteiger charge is -2.33. The van der Waals surface area contributed by atoms with E-state index in [9.17, 15) is 4.79 Å². The third-order valence-corrected chi connectivity index (χ3v) is 6.80. The minimum atomic E-state index is -0.0556. The quantitative estimate of drug-likeness (QED) is 0.723. The molecule has 1 N–H and O–H groups in total. The SMILES string of the molecule is CC1(C)CC(Cn2ccc3nc(-c4cn[nH]c4)ccc32)CN1C(=O)C1CCCC1. The van der Waals surface area contributed by atoms with Crippen LogP contribution in [0.2, 0.25) is 0 Å². The molecule has 0 spiro atoms. The van der Waals surface area contributed by atoms with E-state index in [-0.39, 0.29) is 11.5 Å². The predicted octanol–water partition coefficient (Wildman–Crippen LogP) is 4.24. The Morgan fingerprint density at radius 3 is 2.83 bits per heavy atom. The zero-order valence-electron chi connectivity index (χ0n) is 17.3. The van der Waals surface area contributed by atoms with Crippen molar-refractivity contribution in [3.63, 3.8) is 0 Å². The lowest BCUT2D eigenvalue weighted by atomic mass is 9.95. The first-order valence-corrected chi connectivity index (χ1v) is 10.8. The fourth-order valence-electron chi connectivity index (χ4n) is 5.35. The van der Waals surface area contributed by atoms with Crippen LogP contribution in [0.3, 0.4) is 0 Å².